The minimum absolute atomic E-state index is 0.166. The summed E-state index contributed by atoms with van der Waals surface area (Å²) >= 11 is 0. The fourth-order valence-corrected chi connectivity index (χ4v) is 3.30. The molecule has 1 fully saturated rings. The zero-order valence-electron chi connectivity index (χ0n) is 12.8. The second-order valence-corrected chi connectivity index (χ2v) is 7.95. The quantitative estimate of drug-likeness (QED) is 0.856. The van der Waals surface area contributed by atoms with Gasteiger partial charge in [-0.15, -0.1) is 0 Å². The molecule has 21 heavy (non-hydrogen) atoms. The van der Waals surface area contributed by atoms with Crippen molar-refractivity contribution in [2.24, 2.45) is 0 Å². The van der Waals surface area contributed by atoms with Gasteiger partial charge in [0.1, 0.15) is 0 Å². The number of nitrogens with zero attached hydrogens (tertiary/aromatic N) is 2. The van der Waals surface area contributed by atoms with E-state index >= 15 is 0 Å². The van der Waals surface area contributed by atoms with Crippen LogP contribution in [0.15, 0.2) is 30.3 Å². The average molecular weight is 311 g/mol. The second-order valence-electron chi connectivity index (χ2n) is 5.65. The van der Waals surface area contributed by atoms with Gasteiger partial charge in [0.2, 0.25) is 10.0 Å². The molecule has 2 rings (SSSR count). The molecule has 5 nitrogen and oxygen atoms in total. The first-order chi connectivity index (χ1) is 9.99. The van der Waals surface area contributed by atoms with Crippen molar-refractivity contribution >= 4 is 15.7 Å². The maximum absolute atomic E-state index is 11.7. The minimum Gasteiger partial charge on any atom is -0.371 e. The van der Waals surface area contributed by atoms with Gasteiger partial charge < -0.3 is 10.2 Å². The summed E-state index contributed by atoms with van der Waals surface area (Å²) in [7, 11) is 0.0618. The van der Waals surface area contributed by atoms with Gasteiger partial charge in [0, 0.05) is 45.5 Å². The first kappa shape index (κ1) is 16.3. The van der Waals surface area contributed by atoms with Crippen LogP contribution in [0.5, 0.6) is 0 Å². The Morgan fingerprint density at radius 3 is 2.38 bits per heavy atom. The topological polar surface area (TPSA) is 52.7 Å². The number of nitrogens with one attached hydrogen (secondary N) is 1. The Balaban J connectivity index is 1.73. The number of benzene rings is 1. The van der Waals surface area contributed by atoms with E-state index < -0.39 is 10.0 Å². The van der Waals surface area contributed by atoms with E-state index in [1.54, 1.807) is 14.1 Å². The molecule has 0 amide bonds. The number of sulfonamides is 1. The summed E-state index contributed by atoms with van der Waals surface area (Å²) < 4.78 is 24.7. The van der Waals surface area contributed by atoms with Crippen LogP contribution in [0.4, 0.5) is 5.69 Å². The smallest absolute Gasteiger partial charge is 0.214 e. The Hall–Kier alpha value is -1.11. The molecular formula is C15H25N3O2S. The third kappa shape index (κ3) is 4.69. The number of piperidine rings is 1. The van der Waals surface area contributed by atoms with Crippen molar-refractivity contribution in [2.75, 3.05) is 44.4 Å². The second kappa shape index (κ2) is 7.24. The third-order valence-corrected chi connectivity index (χ3v) is 5.80. The molecule has 1 saturated heterocycles. The molecule has 0 unspecified atom stereocenters. The molecule has 1 heterocycles. The van der Waals surface area contributed by atoms with Crippen LogP contribution in [-0.2, 0) is 10.0 Å². The lowest BCUT2D eigenvalue weighted by atomic mass is 10.0. The van der Waals surface area contributed by atoms with Gasteiger partial charge in [-0.3, -0.25) is 0 Å². The van der Waals surface area contributed by atoms with Gasteiger partial charge in [0.15, 0.2) is 0 Å². The van der Waals surface area contributed by atoms with Crippen LogP contribution in [0.3, 0.4) is 0 Å². The number of rotatable bonds is 6. The van der Waals surface area contributed by atoms with E-state index in [2.05, 4.69) is 34.5 Å². The van der Waals surface area contributed by atoms with E-state index in [1.165, 1.54) is 9.99 Å². The lowest BCUT2D eigenvalue weighted by Gasteiger charge is -2.34. The van der Waals surface area contributed by atoms with Crippen molar-refractivity contribution in [3.05, 3.63) is 30.3 Å². The summed E-state index contributed by atoms with van der Waals surface area (Å²) in [4.78, 5) is 2.38. The number of anilines is 1. The van der Waals surface area contributed by atoms with Crippen LogP contribution < -0.4 is 10.2 Å². The van der Waals surface area contributed by atoms with Crippen molar-refractivity contribution in [2.45, 2.75) is 18.9 Å². The lowest BCUT2D eigenvalue weighted by Crippen LogP contribution is -2.44. The van der Waals surface area contributed by atoms with Gasteiger partial charge in [0.05, 0.1) is 5.75 Å². The molecule has 0 bridgehead atoms. The molecule has 0 radical (unpaired) electrons. The molecule has 0 atom stereocenters. The highest BCUT2D eigenvalue weighted by Gasteiger charge is 2.20. The van der Waals surface area contributed by atoms with E-state index in [1.807, 2.05) is 6.07 Å². The predicted molar refractivity (Wildman–Crippen MR) is 87.2 cm³/mol. The molecule has 1 aliphatic rings. The highest BCUT2D eigenvalue weighted by molar-refractivity contribution is 7.89. The van der Waals surface area contributed by atoms with Crippen LogP contribution in [0.2, 0.25) is 0 Å². The van der Waals surface area contributed by atoms with Gasteiger partial charge in [-0.1, -0.05) is 18.2 Å². The fraction of sp³-hybridized carbons (Fsp3) is 0.600. The van der Waals surface area contributed by atoms with E-state index in [9.17, 15) is 8.42 Å². The van der Waals surface area contributed by atoms with Crippen LogP contribution in [0.25, 0.3) is 0 Å². The molecule has 0 spiro atoms. The van der Waals surface area contributed by atoms with Crippen molar-refractivity contribution in [3.8, 4) is 0 Å². The minimum atomic E-state index is -3.09. The number of hydrogen-bond donors (Lipinski definition) is 1. The van der Waals surface area contributed by atoms with Crippen LogP contribution in [0.1, 0.15) is 12.8 Å². The summed E-state index contributed by atoms with van der Waals surface area (Å²) in [5.41, 5.74) is 1.27. The van der Waals surface area contributed by atoms with Crippen LogP contribution in [-0.4, -0.2) is 58.2 Å². The molecule has 1 aliphatic heterocycles. The van der Waals surface area contributed by atoms with Crippen molar-refractivity contribution in [3.63, 3.8) is 0 Å². The van der Waals surface area contributed by atoms with Gasteiger partial charge in [-0.05, 0) is 25.0 Å². The van der Waals surface area contributed by atoms with E-state index in [0.29, 0.717) is 12.6 Å². The van der Waals surface area contributed by atoms with Crippen molar-refractivity contribution in [1.82, 2.24) is 9.62 Å². The van der Waals surface area contributed by atoms with Crippen LogP contribution >= 0.6 is 0 Å². The Labute approximate surface area is 128 Å². The summed E-state index contributed by atoms with van der Waals surface area (Å²) in [6, 6.07) is 10.8. The molecule has 0 aliphatic carbocycles. The Kier molecular flexibility index (Phi) is 5.61. The van der Waals surface area contributed by atoms with E-state index in [-0.39, 0.29) is 5.75 Å². The maximum Gasteiger partial charge on any atom is 0.214 e. The molecule has 6 heteroatoms. The van der Waals surface area contributed by atoms with Gasteiger partial charge in [-0.25, -0.2) is 12.7 Å². The zero-order chi connectivity index (χ0) is 15.3. The predicted octanol–water partition coefficient (Wildman–Crippen LogP) is 1.14. The van der Waals surface area contributed by atoms with E-state index in [4.69, 9.17) is 0 Å². The molecule has 118 valence electrons. The first-order valence-electron chi connectivity index (χ1n) is 7.42. The fourth-order valence-electron chi connectivity index (χ4n) is 2.56. The van der Waals surface area contributed by atoms with Gasteiger partial charge >= 0.3 is 0 Å². The zero-order valence-corrected chi connectivity index (χ0v) is 13.6. The Bertz CT molecular complexity index is 523. The molecule has 1 aromatic carbocycles. The highest BCUT2D eigenvalue weighted by Crippen LogP contribution is 2.19. The largest absolute Gasteiger partial charge is 0.371 e. The SMILES string of the molecule is CN(C)S(=O)(=O)CCNC1CCN(c2ccccc2)CC1. The van der Waals surface area contributed by atoms with Crippen molar-refractivity contribution in [1.29, 1.82) is 0 Å². The van der Waals surface area contributed by atoms with Gasteiger partial charge in [0.25, 0.3) is 0 Å². The normalized spacial score (nSPS) is 17.4. The maximum atomic E-state index is 11.7. The third-order valence-electron chi connectivity index (χ3n) is 3.97. The number of para-hydroxylation sites is 1. The summed E-state index contributed by atoms with van der Waals surface area (Å²) in [5, 5.41) is 3.37. The standard InChI is InChI=1S/C15H25N3O2S/c1-17(2)21(19,20)13-10-16-14-8-11-18(12-9-14)15-6-4-3-5-7-15/h3-7,14,16H,8-13H2,1-2H3. The Morgan fingerprint density at radius 2 is 1.81 bits per heavy atom. The van der Waals surface area contributed by atoms with Crippen molar-refractivity contribution < 1.29 is 8.42 Å². The molecule has 0 aromatic heterocycles. The highest BCUT2D eigenvalue weighted by atomic mass is 32.2. The lowest BCUT2D eigenvalue weighted by molar-refractivity contribution is 0.422. The molecule has 1 aromatic rings. The van der Waals surface area contributed by atoms with Crippen LogP contribution in [0, 0.1) is 0 Å². The monoisotopic (exact) mass is 311 g/mol. The average Bonchev–Trinajstić information content (AvgIpc) is 2.48. The van der Waals surface area contributed by atoms with Gasteiger partial charge in [-0.2, -0.15) is 0 Å². The Morgan fingerprint density at radius 1 is 1.19 bits per heavy atom. The summed E-state index contributed by atoms with van der Waals surface area (Å²) in [6.45, 7) is 2.56. The number of hydrogen-bond acceptors (Lipinski definition) is 4. The summed E-state index contributed by atoms with van der Waals surface area (Å²) in [6.07, 6.45) is 2.10. The summed E-state index contributed by atoms with van der Waals surface area (Å²) in [5.74, 6) is 0.166. The molecule has 1 N–H and O–H groups in total. The molecule has 0 saturated carbocycles. The van der Waals surface area contributed by atoms with E-state index in [0.717, 1.165) is 25.9 Å². The molecular weight excluding hydrogens is 286 g/mol. The first-order valence-corrected chi connectivity index (χ1v) is 9.03.